The van der Waals surface area contributed by atoms with Crippen LogP contribution in [-0.4, -0.2) is 5.91 Å². The summed E-state index contributed by atoms with van der Waals surface area (Å²) in [6.45, 7) is 0. The average Bonchev–Trinajstić information content (AvgIpc) is 2.40. The van der Waals surface area contributed by atoms with Crippen molar-refractivity contribution in [2.24, 2.45) is 0 Å². The fourth-order valence-corrected chi connectivity index (χ4v) is 2.34. The Bertz CT molecular complexity index is 728. The summed E-state index contributed by atoms with van der Waals surface area (Å²) in [5.74, 6) is -1.01. The van der Waals surface area contributed by atoms with Gasteiger partial charge in [-0.2, -0.15) is 5.26 Å². The molecule has 100 valence electrons. The third-order valence-corrected chi connectivity index (χ3v) is 3.33. The SMILES string of the molecule is N#Cc1cc(F)ccc1NC(=O)c1ccc(Br)cc1Cl. The van der Waals surface area contributed by atoms with Gasteiger partial charge >= 0.3 is 0 Å². The molecule has 2 rings (SSSR count). The molecule has 0 unspecified atom stereocenters. The van der Waals surface area contributed by atoms with Crippen molar-refractivity contribution in [3.8, 4) is 6.07 Å². The Morgan fingerprint density at radius 1 is 1.30 bits per heavy atom. The molecular formula is C14H7BrClFN2O. The number of halogens is 3. The molecule has 0 spiro atoms. The fraction of sp³-hybridized carbons (Fsp3) is 0. The van der Waals surface area contributed by atoms with Crippen LogP contribution in [0.1, 0.15) is 15.9 Å². The van der Waals surface area contributed by atoms with E-state index in [0.29, 0.717) is 0 Å². The maximum absolute atomic E-state index is 13.0. The molecule has 0 aliphatic heterocycles. The summed E-state index contributed by atoms with van der Waals surface area (Å²) in [4.78, 5) is 12.1. The van der Waals surface area contributed by atoms with E-state index in [9.17, 15) is 9.18 Å². The van der Waals surface area contributed by atoms with Crippen LogP contribution in [0.5, 0.6) is 0 Å². The molecule has 1 amide bonds. The molecule has 0 atom stereocenters. The molecule has 0 radical (unpaired) electrons. The van der Waals surface area contributed by atoms with E-state index in [4.69, 9.17) is 16.9 Å². The minimum Gasteiger partial charge on any atom is -0.321 e. The van der Waals surface area contributed by atoms with Gasteiger partial charge in [-0.1, -0.05) is 27.5 Å². The highest BCUT2D eigenvalue weighted by molar-refractivity contribution is 9.10. The van der Waals surface area contributed by atoms with Crippen LogP contribution < -0.4 is 5.32 Å². The molecule has 0 heterocycles. The number of amides is 1. The maximum Gasteiger partial charge on any atom is 0.257 e. The van der Waals surface area contributed by atoms with E-state index < -0.39 is 11.7 Å². The number of hydrogen-bond donors (Lipinski definition) is 1. The van der Waals surface area contributed by atoms with Crippen molar-refractivity contribution in [3.05, 3.63) is 62.8 Å². The summed E-state index contributed by atoms with van der Waals surface area (Å²) in [5.41, 5.74) is 0.549. The van der Waals surface area contributed by atoms with E-state index in [-0.39, 0.29) is 21.8 Å². The summed E-state index contributed by atoms with van der Waals surface area (Å²) in [6, 6.07) is 10.2. The lowest BCUT2D eigenvalue weighted by molar-refractivity contribution is 0.102. The van der Waals surface area contributed by atoms with E-state index in [2.05, 4.69) is 21.2 Å². The van der Waals surface area contributed by atoms with Gasteiger partial charge in [0.05, 0.1) is 21.8 Å². The van der Waals surface area contributed by atoms with E-state index in [1.54, 1.807) is 18.2 Å². The van der Waals surface area contributed by atoms with Crippen LogP contribution in [0.3, 0.4) is 0 Å². The lowest BCUT2D eigenvalue weighted by atomic mass is 10.1. The molecular weight excluding hydrogens is 347 g/mol. The topological polar surface area (TPSA) is 52.9 Å². The van der Waals surface area contributed by atoms with E-state index in [0.717, 1.165) is 10.5 Å². The van der Waals surface area contributed by atoms with Crippen molar-refractivity contribution in [1.29, 1.82) is 5.26 Å². The van der Waals surface area contributed by atoms with Crippen molar-refractivity contribution >= 4 is 39.1 Å². The normalized spacial score (nSPS) is 9.90. The van der Waals surface area contributed by atoms with Crippen LogP contribution in [0.2, 0.25) is 5.02 Å². The van der Waals surface area contributed by atoms with Gasteiger partial charge in [-0.15, -0.1) is 0 Å². The van der Waals surface area contributed by atoms with Gasteiger partial charge in [0, 0.05) is 4.47 Å². The first kappa shape index (κ1) is 14.5. The minimum absolute atomic E-state index is 0.0478. The van der Waals surface area contributed by atoms with Gasteiger partial charge in [-0.25, -0.2) is 4.39 Å². The summed E-state index contributed by atoms with van der Waals surface area (Å²) in [7, 11) is 0. The van der Waals surface area contributed by atoms with Gasteiger partial charge in [0.25, 0.3) is 5.91 Å². The summed E-state index contributed by atoms with van der Waals surface area (Å²) >= 11 is 9.22. The third-order valence-electron chi connectivity index (χ3n) is 2.53. The highest BCUT2D eigenvalue weighted by Crippen LogP contribution is 2.23. The number of carbonyl (C=O) groups excluding carboxylic acids is 1. The second kappa shape index (κ2) is 6.04. The van der Waals surface area contributed by atoms with Gasteiger partial charge in [-0.05, 0) is 36.4 Å². The predicted octanol–water partition coefficient (Wildman–Crippen LogP) is 4.37. The second-order valence-electron chi connectivity index (χ2n) is 3.88. The number of nitrogens with zero attached hydrogens (tertiary/aromatic N) is 1. The van der Waals surface area contributed by atoms with Gasteiger partial charge in [-0.3, -0.25) is 4.79 Å². The molecule has 0 saturated heterocycles. The van der Waals surface area contributed by atoms with Crippen LogP contribution in [0, 0.1) is 17.1 Å². The Morgan fingerprint density at radius 3 is 2.70 bits per heavy atom. The van der Waals surface area contributed by atoms with Crippen LogP contribution in [0.15, 0.2) is 40.9 Å². The van der Waals surface area contributed by atoms with Crippen molar-refractivity contribution in [3.63, 3.8) is 0 Å². The first-order chi connectivity index (χ1) is 9.51. The van der Waals surface area contributed by atoms with Crippen molar-refractivity contribution < 1.29 is 9.18 Å². The standard InChI is InChI=1S/C14H7BrClFN2O/c15-9-1-3-11(12(16)6-9)14(20)19-13-4-2-10(17)5-8(13)7-18/h1-6H,(H,19,20). The monoisotopic (exact) mass is 352 g/mol. The smallest absolute Gasteiger partial charge is 0.257 e. The maximum atomic E-state index is 13.0. The Labute approximate surface area is 128 Å². The molecule has 6 heteroatoms. The second-order valence-corrected chi connectivity index (χ2v) is 5.20. The number of rotatable bonds is 2. The molecule has 0 aliphatic carbocycles. The Kier molecular flexibility index (Phi) is 4.38. The minimum atomic E-state index is -0.541. The lowest BCUT2D eigenvalue weighted by Crippen LogP contribution is -2.13. The summed E-state index contributed by atoms with van der Waals surface area (Å²) in [5, 5.41) is 11.7. The molecule has 0 saturated carbocycles. The largest absolute Gasteiger partial charge is 0.321 e. The van der Waals surface area contributed by atoms with Crippen molar-refractivity contribution in [2.45, 2.75) is 0 Å². The molecule has 0 aromatic heterocycles. The molecule has 0 bridgehead atoms. The van der Waals surface area contributed by atoms with E-state index in [1.165, 1.54) is 12.1 Å². The highest BCUT2D eigenvalue weighted by Gasteiger charge is 2.13. The fourth-order valence-electron chi connectivity index (χ4n) is 1.58. The number of nitrogens with one attached hydrogen (secondary N) is 1. The zero-order valence-electron chi connectivity index (χ0n) is 9.95. The molecule has 3 nitrogen and oxygen atoms in total. The molecule has 0 fully saturated rings. The first-order valence-electron chi connectivity index (χ1n) is 5.47. The molecule has 0 aliphatic rings. The Balaban J connectivity index is 2.31. The van der Waals surface area contributed by atoms with Crippen LogP contribution in [0.4, 0.5) is 10.1 Å². The Morgan fingerprint density at radius 2 is 2.05 bits per heavy atom. The van der Waals surface area contributed by atoms with E-state index in [1.807, 2.05) is 6.07 Å². The van der Waals surface area contributed by atoms with Crippen molar-refractivity contribution in [1.82, 2.24) is 0 Å². The molecule has 2 aromatic rings. The first-order valence-corrected chi connectivity index (χ1v) is 6.64. The number of benzene rings is 2. The lowest BCUT2D eigenvalue weighted by Gasteiger charge is -2.08. The van der Waals surface area contributed by atoms with Gasteiger partial charge in [0.15, 0.2) is 0 Å². The van der Waals surface area contributed by atoms with Crippen molar-refractivity contribution in [2.75, 3.05) is 5.32 Å². The summed E-state index contributed by atoms with van der Waals surface area (Å²) < 4.78 is 13.8. The van der Waals surface area contributed by atoms with Crippen LogP contribution in [0.25, 0.3) is 0 Å². The summed E-state index contributed by atoms with van der Waals surface area (Å²) in [6.07, 6.45) is 0. The van der Waals surface area contributed by atoms with Gasteiger partial charge in [0.2, 0.25) is 0 Å². The number of hydrogen-bond acceptors (Lipinski definition) is 2. The Hall–Kier alpha value is -1.90. The molecule has 1 N–H and O–H groups in total. The average molecular weight is 354 g/mol. The third kappa shape index (κ3) is 3.16. The highest BCUT2D eigenvalue weighted by atomic mass is 79.9. The van der Waals surface area contributed by atoms with Crippen LogP contribution in [-0.2, 0) is 0 Å². The molecule has 2 aromatic carbocycles. The zero-order valence-corrected chi connectivity index (χ0v) is 12.3. The zero-order chi connectivity index (χ0) is 14.7. The quantitative estimate of drug-likeness (QED) is 0.872. The number of anilines is 1. The number of nitriles is 1. The van der Waals surface area contributed by atoms with Crippen LogP contribution >= 0.6 is 27.5 Å². The predicted molar refractivity (Wildman–Crippen MR) is 78.2 cm³/mol. The number of carbonyl (C=O) groups is 1. The molecule has 20 heavy (non-hydrogen) atoms. The van der Waals surface area contributed by atoms with Gasteiger partial charge < -0.3 is 5.32 Å². The van der Waals surface area contributed by atoms with Gasteiger partial charge in [0.1, 0.15) is 11.9 Å². The van der Waals surface area contributed by atoms with E-state index >= 15 is 0 Å².